The summed E-state index contributed by atoms with van der Waals surface area (Å²) in [7, 11) is 1.80. The van der Waals surface area contributed by atoms with E-state index in [0.29, 0.717) is 24.7 Å². The van der Waals surface area contributed by atoms with Gasteiger partial charge >= 0.3 is 0 Å². The zero-order valence-electron chi connectivity index (χ0n) is 18.9. The predicted octanol–water partition coefficient (Wildman–Crippen LogP) is 1.02. The van der Waals surface area contributed by atoms with E-state index < -0.39 is 6.10 Å². The van der Waals surface area contributed by atoms with Crippen LogP contribution >= 0.6 is 0 Å². The summed E-state index contributed by atoms with van der Waals surface area (Å²) >= 11 is 0. The number of nitrogens with one attached hydrogen (secondary N) is 3. The monoisotopic (exact) mass is 442 g/mol. The van der Waals surface area contributed by atoms with Crippen LogP contribution in [0.25, 0.3) is 11.4 Å². The first-order valence-corrected chi connectivity index (χ1v) is 11.4. The van der Waals surface area contributed by atoms with Crippen LogP contribution in [0, 0.1) is 6.92 Å². The van der Waals surface area contributed by atoms with E-state index in [1.165, 1.54) is 0 Å². The van der Waals surface area contributed by atoms with Crippen LogP contribution in [-0.4, -0.2) is 86.8 Å². The SMILES string of the molecule is CNCC(O)COc1cccc(-c2nc(N[C@@H]3CCOC3)c(C)c(N3CCNCC3)n2)c1. The Morgan fingerprint density at radius 2 is 2.16 bits per heavy atom. The first-order valence-electron chi connectivity index (χ1n) is 11.4. The lowest BCUT2D eigenvalue weighted by atomic mass is 10.1. The topological polar surface area (TPSA) is 104 Å². The Balaban J connectivity index is 1.62. The van der Waals surface area contributed by atoms with Gasteiger partial charge in [-0.05, 0) is 32.5 Å². The van der Waals surface area contributed by atoms with Crippen LogP contribution in [0.2, 0.25) is 0 Å². The fourth-order valence-corrected chi connectivity index (χ4v) is 4.01. The molecule has 2 saturated heterocycles. The highest BCUT2D eigenvalue weighted by Crippen LogP contribution is 2.30. The van der Waals surface area contributed by atoms with E-state index in [0.717, 1.165) is 62.0 Å². The predicted molar refractivity (Wildman–Crippen MR) is 126 cm³/mol. The van der Waals surface area contributed by atoms with Crippen molar-refractivity contribution in [1.29, 1.82) is 0 Å². The van der Waals surface area contributed by atoms with E-state index in [2.05, 4.69) is 27.8 Å². The van der Waals surface area contributed by atoms with Gasteiger partial charge < -0.3 is 35.4 Å². The maximum absolute atomic E-state index is 9.94. The molecule has 2 fully saturated rings. The van der Waals surface area contributed by atoms with Gasteiger partial charge in [-0.2, -0.15) is 0 Å². The van der Waals surface area contributed by atoms with Crippen molar-refractivity contribution >= 4 is 11.6 Å². The van der Waals surface area contributed by atoms with Gasteiger partial charge in [-0.25, -0.2) is 9.97 Å². The summed E-state index contributed by atoms with van der Waals surface area (Å²) < 4.78 is 11.3. The average Bonchev–Trinajstić information content (AvgIpc) is 3.33. The van der Waals surface area contributed by atoms with Crippen LogP contribution in [0.5, 0.6) is 5.75 Å². The molecule has 0 saturated carbocycles. The minimum absolute atomic E-state index is 0.222. The third-order valence-electron chi connectivity index (χ3n) is 5.78. The second-order valence-corrected chi connectivity index (χ2v) is 8.34. The number of aliphatic hydroxyl groups excluding tert-OH is 1. The van der Waals surface area contributed by atoms with E-state index in [1.54, 1.807) is 7.05 Å². The van der Waals surface area contributed by atoms with E-state index >= 15 is 0 Å². The highest BCUT2D eigenvalue weighted by molar-refractivity contribution is 5.67. The fourth-order valence-electron chi connectivity index (χ4n) is 4.01. The molecule has 2 aliphatic heterocycles. The maximum atomic E-state index is 9.94. The Hall–Kier alpha value is -2.46. The zero-order chi connectivity index (χ0) is 22.3. The van der Waals surface area contributed by atoms with Crippen molar-refractivity contribution in [2.45, 2.75) is 25.5 Å². The van der Waals surface area contributed by atoms with Crippen LogP contribution in [0.15, 0.2) is 24.3 Å². The summed E-state index contributed by atoms with van der Waals surface area (Å²) in [6.45, 7) is 7.96. The third-order valence-corrected chi connectivity index (χ3v) is 5.78. The Morgan fingerprint density at radius 1 is 1.31 bits per heavy atom. The second kappa shape index (κ2) is 10.9. The van der Waals surface area contributed by atoms with Gasteiger partial charge in [0.05, 0.1) is 12.6 Å². The normalized spacial score (nSPS) is 19.7. The Morgan fingerprint density at radius 3 is 2.91 bits per heavy atom. The molecule has 4 N–H and O–H groups in total. The lowest BCUT2D eigenvalue weighted by Crippen LogP contribution is -2.44. The number of likely N-dealkylation sites (N-methyl/N-ethyl adjacent to an activating group) is 1. The number of benzene rings is 1. The van der Waals surface area contributed by atoms with Gasteiger partial charge in [-0.3, -0.25) is 0 Å². The molecule has 3 heterocycles. The van der Waals surface area contributed by atoms with E-state index in [4.69, 9.17) is 19.4 Å². The van der Waals surface area contributed by atoms with Crippen LogP contribution in [0.1, 0.15) is 12.0 Å². The number of piperazine rings is 1. The molecule has 1 aromatic carbocycles. The molecule has 32 heavy (non-hydrogen) atoms. The number of nitrogens with zero attached hydrogens (tertiary/aromatic N) is 3. The molecule has 0 radical (unpaired) electrons. The van der Waals surface area contributed by atoms with Gasteiger partial charge in [0, 0.05) is 50.5 Å². The number of rotatable bonds is 9. The highest BCUT2D eigenvalue weighted by atomic mass is 16.5. The first-order chi connectivity index (χ1) is 15.6. The summed E-state index contributed by atoms with van der Waals surface area (Å²) in [5.74, 6) is 3.17. The molecule has 174 valence electrons. The highest BCUT2D eigenvalue weighted by Gasteiger charge is 2.22. The molecule has 0 bridgehead atoms. The Kier molecular flexibility index (Phi) is 7.75. The van der Waals surface area contributed by atoms with Gasteiger partial charge in [-0.1, -0.05) is 12.1 Å². The fraction of sp³-hybridized carbons (Fsp3) is 0.565. The molecule has 1 unspecified atom stereocenters. The minimum Gasteiger partial charge on any atom is -0.491 e. The van der Waals surface area contributed by atoms with E-state index in [-0.39, 0.29) is 12.6 Å². The standard InChI is InChI=1S/C23H34N6O3/c1-16-21(26-18-6-11-31-14-18)27-22(28-23(16)29-9-7-25-8-10-29)17-4-3-5-20(12-17)32-15-19(30)13-24-2/h3-5,12,18-19,24-25,30H,6-11,13-15H2,1-2H3,(H,26,27,28)/t18-,19?/m1/s1. The molecular weight excluding hydrogens is 408 g/mol. The maximum Gasteiger partial charge on any atom is 0.164 e. The average molecular weight is 443 g/mol. The number of aliphatic hydroxyl groups is 1. The van der Waals surface area contributed by atoms with Gasteiger partial charge in [0.25, 0.3) is 0 Å². The van der Waals surface area contributed by atoms with Gasteiger partial charge in [0.15, 0.2) is 5.82 Å². The van der Waals surface area contributed by atoms with E-state index in [9.17, 15) is 5.11 Å². The number of hydrogen-bond acceptors (Lipinski definition) is 9. The van der Waals surface area contributed by atoms with Crippen molar-refractivity contribution in [3.05, 3.63) is 29.8 Å². The summed E-state index contributed by atoms with van der Waals surface area (Å²) in [5, 5.41) is 19.9. The Bertz CT molecular complexity index is 884. The quantitative estimate of drug-likeness (QED) is 0.453. The number of anilines is 2. The van der Waals surface area contributed by atoms with Crippen molar-refractivity contribution in [1.82, 2.24) is 20.6 Å². The molecule has 2 atom stereocenters. The summed E-state index contributed by atoms with van der Waals surface area (Å²) in [6, 6.07) is 8.00. The molecule has 9 heteroatoms. The van der Waals surface area contributed by atoms with Crippen molar-refractivity contribution in [3.8, 4) is 17.1 Å². The number of hydrogen-bond donors (Lipinski definition) is 4. The first kappa shape index (κ1) is 22.7. The summed E-state index contributed by atoms with van der Waals surface area (Å²) in [6.07, 6.45) is 0.406. The number of aromatic nitrogens is 2. The molecule has 2 aromatic rings. The van der Waals surface area contributed by atoms with Gasteiger partial charge in [0.2, 0.25) is 0 Å². The van der Waals surface area contributed by atoms with Crippen LogP contribution in [0.3, 0.4) is 0 Å². The third kappa shape index (κ3) is 5.66. The van der Waals surface area contributed by atoms with Gasteiger partial charge in [0.1, 0.15) is 30.1 Å². The molecule has 0 spiro atoms. The lowest BCUT2D eigenvalue weighted by molar-refractivity contribution is 0.108. The van der Waals surface area contributed by atoms with Crippen molar-refractivity contribution in [2.75, 3.05) is 69.8 Å². The lowest BCUT2D eigenvalue weighted by Gasteiger charge is -2.30. The molecule has 0 aliphatic carbocycles. The Labute approximate surface area is 189 Å². The molecule has 4 rings (SSSR count). The molecule has 2 aliphatic rings. The molecular formula is C23H34N6O3. The summed E-state index contributed by atoms with van der Waals surface area (Å²) in [4.78, 5) is 12.2. The van der Waals surface area contributed by atoms with Crippen molar-refractivity contribution in [2.24, 2.45) is 0 Å². The second-order valence-electron chi connectivity index (χ2n) is 8.34. The van der Waals surface area contributed by atoms with Crippen LogP contribution in [-0.2, 0) is 4.74 Å². The van der Waals surface area contributed by atoms with E-state index in [1.807, 2.05) is 24.3 Å². The molecule has 1 aromatic heterocycles. The smallest absolute Gasteiger partial charge is 0.164 e. The molecule has 9 nitrogen and oxygen atoms in total. The number of ether oxygens (including phenoxy) is 2. The van der Waals surface area contributed by atoms with Crippen molar-refractivity contribution in [3.63, 3.8) is 0 Å². The van der Waals surface area contributed by atoms with Gasteiger partial charge in [-0.15, -0.1) is 0 Å². The van der Waals surface area contributed by atoms with Crippen LogP contribution in [0.4, 0.5) is 11.6 Å². The summed E-state index contributed by atoms with van der Waals surface area (Å²) in [5.41, 5.74) is 1.94. The molecule has 0 amide bonds. The van der Waals surface area contributed by atoms with Crippen molar-refractivity contribution < 1.29 is 14.6 Å². The zero-order valence-corrected chi connectivity index (χ0v) is 18.9. The van der Waals surface area contributed by atoms with Crippen LogP contribution < -0.4 is 25.6 Å². The minimum atomic E-state index is -0.567. The largest absolute Gasteiger partial charge is 0.491 e.